The molecule has 0 fully saturated rings. The maximum absolute atomic E-state index is 6.34. The van der Waals surface area contributed by atoms with Gasteiger partial charge in [-0.3, -0.25) is 4.57 Å². The number of nitrogens with zero attached hydrogens (tertiary/aromatic N) is 1. The van der Waals surface area contributed by atoms with Crippen LogP contribution in [0.4, 0.5) is 0 Å². The van der Waals surface area contributed by atoms with Gasteiger partial charge in [-0.1, -0.05) is 46.4 Å². The van der Waals surface area contributed by atoms with Gasteiger partial charge in [0.15, 0.2) is 4.77 Å². The Hall–Kier alpha value is -0.710. The molecule has 2 aromatic carbocycles. The van der Waals surface area contributed by atoms with Crippen LogP contribution in [-0.2, 0) is 0 Å². The number of fused-ring (bicyclic) bond motifs is 1. The first kappa shape index (κ1) is 15.2. The fourth-order valence-electron chi connectivity index (χ4n) is 2.15. The van der Waals surface area contributed by atoms with E-state index in [-0.39, 0.29) is 0 Å². The quantitative estimate of drug-likeness (QED) is 0.473. The van der Waals surface area contributed by atoms with Gasteiger partial charge in [0.2, 0.25) is 0 Å². The van der Waals surface area contributed by atoms with Gasteiger partial charge >= 0.3 is 0 Å². The van der Waals surface area contributed by atoms with E-state index in [1.165, 1.54) is 0 Å². The summed E-state index contributed by atoms with van der Waals surface area (Å²) in [6.07, 6.45) is 0. The van der Waals surface area contributed by atoms with Crippen LogP contribution in [0.25, 0.3) is 16.7 Å². The van der Waals surface area contributed by atoms with E-state index in [0.29, 0.717) is 30.5 Å². The molecule has 0 saturated carbocycles. The van der Waals surface area contributed by atoms with Crippen molar-refractivity contribution in [1.29, 1.82) is 0 Å². The molecule has 1 N–H and O–H groups in total. The van der Waals surface area contributed by atoms with E-state index in [9.17, 15) is 0 Å². The van der Waals surface area contributed by atoms with Crippen LogP contribution in [0.3, 0.4) is 0 Å². The van der Waals surface area contributed by atoms with E-state index < -0.39 is 0 Å². The van der Waals surface area contributed by atoms with Crippen LogP contribution in [0.15, 0.2) is 24.3 Å². The smallest absolute Gasteiger partial charge is 0.182 e. The number of rotatable bonds is 1. The number of benzene rings is 2. The summed E-state index contributed by atoms with van der Waals surface area (Å²) in [5, 5.41) is 2.08. The summed E-state index contributed by atoms with van der Waals surface area (Å²) in [7, 11) is 0. The highest BCUT2D eigenvalue weighted by Crippen LogP contribution is 2.33. The molecule has 0 bridgehead atoms. The van der Waals surface area contributed by atoms with E-state index in [4.69, 9.17) is 58.6 Å². The van der Waals surface area contributed by atoms with Gasteiger partial charge in [-0.25, -0.2) is 0 Å². The van der Waals surface area contributed by atoms with Crippen molar-refractivity contribution in [3.63, 3.8) is 0 Å². The van der Waals surface area contributed by atoms with Crippen molar-refractivity contribution in [2.75, 3.05) is 0 Å². The molecule has 0 amide bonds. The summed E-state index contributed by atoms with van der Waals surface area (Å²) in [5.41, 5.74) is 3.16. The second-order valence-corrected chi connectivity index (χ2v) is 6.62. The van der Waals surface area contributed by atoms with Crippen LogP contribution in [0, 0.1) is 11.7 Å². The molecule has 0 aliphatic heterocycles. The fraction of sp³-hybridized carbons (Fsp3) is 0.0714. The molecule has 1 heterocycles. The van der Waals surface area contributed by atoms with Crippen LogP contribution in [0.5, 0.6) is 0 Å². The Bertz CT molecular complexity index is 927. The molecule has 0 radical (unpaired) electrons. The molecule has 0 atom stereocenters. The topological polar surface area (TPSA) is 20.7 Å². The number of H-pyrrole nitrogens is 1. The Morgan fingerprint density at radius 3 is 2.29 bits per heavy atom. The standard InChI is InChI=1S/C14H8Cl4N2S/c1-6-2-10(18)12(4-7(6)15)20-13-5-9(17)8(16)3-11(13)19-14(20)21/h2-5H,1H3,(H,19,21). The predicted octanol–water partition coefficient (Wildman–Crippen LogP) is 6.61. The third kappa shape index (κ3) is 2.58. The van der Waals surface area contributed by atoms with Crippen molar-refractivity contribution in [3.8, 4) is 5.69 Å². The van der Waals surface area contributed by atoms with Crippen molar-refractivity contribution in [2.24, 2.45) is 0 Å². The number of aryl methyl sites for hydroxylation is 1. The summed E-state index contributed by atoms with van der Waals surface area (Å²) in [4.78, 5) is 3.09. The van der Waals surface area contributed by atoms with Gasteiger partial charge < -0.3 is 4.98 Å². The van der Waals surface area contributed by atoms with Crippen molar-refractivity contribution in [3.05, 3.63) is 54.7 Å². The zero-order valence-electron chi connectivity index (χ0n) is 10.7. The first-order chi connectivity index (χ1) is 9.88. The zero-order valence-corrected chi connectivity index (χ0v) is 14.5. The van der Waals surface area contributed by atoms with Crippen molar-refractivity contribution in [1.82, 2.24) is 9.55 Å². The highest BCUT2D eigenvalue weighted by atomic mass is 35.5. The molecule has 0 aliphatic rings. The number of nitrogens with one attached hydrogen (secondary N) is 1. The van der Waals surface area contributed by atoms with Gasteiger partial charge in [0.1, 0.15) is 0 Å². The van der Waals surface area contributed by atoms with E-state index in [1.54, 1.807) is 28.8 Å². The Labute approximate surface area is 146 Å². The Morgan fingerprint density at radius 1 is 0.905 bits per heavy atom. The first-order valence-corrected chi connectivity index (χ1v) is 7.86. The van der Waals surface area contributed by atoms with Gasteiger partial charge in [0.25, 0.3) is 0 Å². The van der Waals surface area contributed by atoms with Crippen LogP contribution in [-0.4, -0.2) is 9.55 Å². The number of imidazole rings is 1. The van der Waals surface area contributed by atoms with E-state index >= 15 is 0 Å². The number of hydrogen-bond donors (Lipinski definition) is 1. The van der Waals surface area contributed by atoms with Crippen molar-refractivity contribution >= 4 is 69.7 Å². The number of aromatic amines is 1. The first-order valence-electron chi connectivity index (χ1n) is 5.94. The van der Waals surface area contributed by atoms with Crippen molar-refractivity contribution < 1.29 is 0 Å². The fourth-order valence-corrected chi connectivity index (χ4v) is 3.24. The minimum Gasteiger partial charge on any atom is -0.330 e. The lowest BCUT2D eigenvalue weighted by Gasteiger charge is -2.10. The summed E-state index contributed by atoms with van der Waals surface area (Å²) < 4.78 is 2.28. The third-order valence-corrected chi connectivity index (χ3v) is 4.91. The Kier molecular flexibility index (Phi) is 3.97. The molecular weight excluding hydrogens is 370 g/mol. The Morgan fingerprint density at radius 2 is 1.57 bits per heavy atom. The summed E-state index contributed by atoms with van der Waals surface area (Å²) in [6.45, 7) is 1.89. The Balaban J connectivity index is 2.40. The van der Waals surface area contributed by atoms with Gasteiger partial charge in [0.05, 0.1) is 31.8 Å². The van der Waals surface area contributed by atoms with Crippen LogP contribution < -0.4 is 0 Å². The van der Waals surface area contributed by atoms with E-state index in [0.717, 1.165) is 16.6 Å². The van der Waals surface area contributed by atoms with Crippen LogP contribution in [0.1, 0.15) is 5.56 Å². The maximum Gasteiger partial charge on any atom is 0.182 e. The molecule has 0 unspecified atom stereocenters. The minimum atomic E-state index is 0.446. The number of halogens is 4. The molecule has 0 spiro atoms. The predicted molar refractivity (Wildman–Crippen MR) is 93.2 cm³/mol. The lowest BCUT2D eigenvalue weighted by atomic mass is 10.2. The van der Waals surface area contributed by atoms with E-state index in [2.05, 4.69) is 4.98 Å². The molecule has 7 heteroatoms. The van der Waals surface area contributed by atoms with Crippen LogP contribution >= 0.6 is 58.6 Å². The molecule has 1 aromatic heterocycles. The van der Waals surface area contributed by atoms with Gasteiger partial charge in [-0.15, -0.1) is 0 Å². The SMILES string of the molecule is Cc1cc(Cl)c(-n2c(=S)[nH]c3cc(Cl)c(Cl)cc32)cc1Cl. The average molecular weight is 378 g/mol. The molecule has 21 heavy (non-hydrogen) atoms. The highest BCUT2D eigenvalue weighted by molar-refractivity contribution is 7.71. The number of hydrogen-bond acceptors (Lipinski definition) is 1. The molecular formula is C14H8Cl4N2S. The second kappa shape index (κ2) is 5.49. The second-order valence-electron chi connectivity index (χ2n) is 4.60. The summed E-state index contributed by atoms with van der Waals surface area (Å²) in [5.74, 6) is 0. The molecule has 2 nitrogen and oxygen atoms in total. The van der Waals surface area contributed by atoms with Crippen LogP contribution in [0.2, 0.25) is 20.1 Å². The average Bonchev–Trinajstić information content (AvgIpc) is 2.70. The third-order valence-electron chi connectivity index (χ3n) is 3.19. The zero-order chi connectivity index (χ0) is 15.3. The van der Waals surface area contributed by atoms with Gasteiger partial charge in [-0.05, 0) is 49.0 Å². The van der Waals surface area contributed by atoms with Gasteiger partial charge in [-0.2, -0.15) is 0 Å². The van der Waals surface area contributed by atoms with Crippen molar-refractivity contribution in [2.45, 2.75) is 6.92 Å². The molecule has 3 rings (SSSR count). The molecule has 3 aromatic rings. The van der Waals surface area contributed by atoms with Gasteiger partial charge in [0, 0.05) is 5.02 Å². The molecule has 108 valence electrons. The summed E-state index contributed by atoms with van der Waals surface area (Å²) >= 11 is 30.0. The minimum absolute atomic E-state index is 0.446. The van der Waals surface area contributed by atoms with E-state index in [1.807, 2.05) is 6.92 Å². The highest BCUT2D eigenvalue weighted by Gasteiger charge is 2.13. The monoisotopic (exact) mass is 376 g/mol. The molecule has 0 saturated heterocycles. The lowest BCUT2D eigenvalue weighted by molar-refractivity contribution is 1.06. The number of aromatic nitrogens is 2. The largest absolute Gasteiger partial charge is 0.330 e. The molecule has 0 aliphatic carbocycles. The lowest BCUT2D eigenvalue weighted by Crippen LogP contribution is -1.96. The normalized spacial score (nSPS) is 11.3. The maximum atomic E-state index is 6.34. The summed E-state index contributed by atoms with van der Waals surface area (Å²) in [6, 6.07) is 7.06.